The third-order valence-electron chi connectivity index (χ3n) is 4.59. The van der Waals surface area contributed by atoms with Crippen molar-refractivity contribution in [2.24, 2.45) is 5.92 Å². The zero-order valence-corrected chi connectivity index (χ0v) is 15.1. The zero-order chi connectivity index (χ0) is 18.7. The number of Topliss-reactive ketones (excluding diaryl/α,β-unsaturated/α-hetero) is 1. The smallest absolute Gasteiger partial charge is 0.409 e. The normalized spacial score (nSPS) is 24.7. The lowest BCUT2D eigenvalue weighted by atomic mass is 9.80. The Morgan fingerprint density at radius 3 is 2.50 bits per heavy atom. The van der Waals surface area contributed by atoms with Crippen LogP contribution in [0, 0.1) is 5.92 Å². The van der Waals surface area contributed by atoms with Gasteiger partial charge in [-0.25, -0.2) is 4.79 Å². The number of ether oxygens (including phenoxy) is 4. The van der Waals surface area contributed by atoms with Crippen LogP contribution >= 0.6 is 0 Å². The average Bonchev–Trinajstić information content (AvgIpc) is 2.64. The van der Waals surface area contributed by atoms with Crippen LogP contribution in [0.4, 0.5) is 4.79 Å². The van der Waals surface area contributed by atoms with Gasteiger partial charge in [0.1, 0.15) is 30.0 Å². The first-order valence-electron chi connectivity index (χ1n) is 8.57. The van der Waals surface area contributed by atoms with E-state index < -0.39 is 0 Å². The van der Waals surface area contributed by atoms with E-state index in [4.69, 9.17) is 18.9 Å². The molecule has 1 aliphatic heterocycles. The number of hydrogen-bond acceptors (Lipinski definition) is 6. The quantitative estimate of drug-likeness (QED) is 0.821. The van der Waals surface area contributed by atoms with Gasteiger partial charge in [0, 0.05) is 20.5 Å². The molecule has 26 heavy (non-hydrogen) atoms. The molecule has 0 aromatic heterocycles. The lowest BCUT2D eigenvalue weighted by Crippen LogP contribution is -2.43. The number of methoxy groups -OCH3 is 1. The summed E-state index contributed by atoms with van der Waals surface area (Å²) in [6.45, 7) is 0. The molecule has 1 fully saturated rings. The van der Waals surface area contributed by atoms with Crippen molar-refractivity contribution in [3.05, 3.63) is 36.3 Å². The fourth-order valence-electron chi connectivity index (χ4n) is 3.13. The van der Waals surface area contributed by atoms with Crippen molar-refractivity contribution < 1.29 is 28.5 Å². The molecule has 0 bridgehead atoms. The molecule has 3 atom stereocenters. The molecule has 0 saturated heterocycles. The van der Waals surface area contributed by atoms with Crippen molar-refractivity contribution in [1.82, 2.24) is 4.90 Å². The van der Waals surface area contributed by atoms with E-state index in [-0.39, 0.29) is 35.8 Å². The molecule has 1 aromatic carbocycles. The van der Waals surface area contributed by atoms with Crippen LogP contribution in [0.25, 0.3) is 0 Å². The van der Waals surface area contributed by atoms with Crippen molar-refractivity contribution in [3.63, 3.8) is 0 Å². The van der Waals surface area contributed by atoms with Crippen LogP contribution < -0.4 is 9.47 Å². The molecule has 1 amide bonds. The van der Waals surface area contributed by atoms with Gasteiger partial charge in [0.2, 0.25) is 11.5 Å². The summed E-state index contributed by atoms with van der Waals surface area (Å²) >= 11 is 0. The van der Waals surface area contributed by atoms with Crippen LogP contribution in [0.1, 0.15) is 19.3 Å². The van der Waals surface area contributed by atoms with Gasteiger partial charge in [-0.05, 0) is 37.1 Å². The van der Waals surface area contributed by atoms with Crippen LogP contribution in [0.15, 0.2) is 36.3 Å². The molecule has 1 aliphatic carbocycles. The number of allylic oxidation sites excluding steroid dienone is 1. The Morgan fingerprint density at radius 2 is 1.85 bits per heavy atom. The van der Waals surface area contributed by atoms with E-state index in [2.05, 4.69) is 0 Å². The first kappa shape index (κ1) is 18.1. The summed E-state index contributed by atoms with van der Waals surface area (Å²) in [6, 6.07) is 6.99. The van der Waals surface area contributed by atoms with Crippen LogP contribution in [-0.4, -0.2) is 50.2 Å². The van der Waals surface area contributed by atoms with Crippen LogP contribution in [0.5, 0.6) is 11.5 Å². The van der Waals surface area contributed by atoms with E-state index in [1.807, 2.05) is 0 Å². The third-order valence-corrected chi connectivity index (χ3v) is 4.59. The molecule has 3 rings (SSSR count). The number of carbonyl (C=O) groups is 2. The molecule has 1 saturated carbocycles. The highest BCUT2D eigenvalue weighted by Gasteiger charge is 2.42. The van der Waals surface area contributed by atoms with Gasteiger partial charge in [-0.3, -0.25) is 4.79 Å². The molecule has 0 radical (unpaired) electrons. The molecule has 0 N–H and O–H groups in total. The first-order valence-corrected chi connectivity index (χ1v) is 8.57. The van der Waals surface area contributed by atoms with E-state index in [0.29, 0.717) is 30.8 Å². The summed E-state index contributed by atoms with van der Waals surface area (Å²) in [5.41, 5.74) is 0. The maximum Gasteiger partial charge on any atom is 0.409 e. The van der Waals surface area contributed by atoms with Crippen molar-refractivity contribution in [2.45, 2.75) is 31.5 Å². The Morgan fingerprint density at radius 1 is 1.15 bits per heavy atom. The molecule has 0 spiro atoms. The summed E-state index contributed by atoms with van der Waals surface area (Å²) in [5, 5.41) is 0. The van der Waals surface area contributed by atoms with Gasteiger partial charge < -0.3 is 23.8 Å². The van der Waals surface area contributed by atoms with E-state index in [0.717, 1.165) is 0 Å². The number of benzene rings is 1. The number of ketones is 1. The predicted octanol–water partition coefficient (Wildman–Crippen LogP) is 2.75. The number of rotatable bonds is 4. The van der Waals surface area contributed by atoms with Crippen molar-refractivity contribution >= 4 is 11.9 Å². The van der Waals surface area contributed by atoms with Crippen molar-refractivity contribution in [3.8, 4) is 11.5 Å². The van der Waals surface area contributed by atoms with E-state index in [1.54, 1.807) is 45.5 Å². The second-order valence-corrected chi connectivity index (χ2v) is 6.62. The van der Waals surface area contributed by atoms with E-state index >= 15 is 0 Å². The standard InChI is InChI=1S/C19H23NO6/c1-20(2)19(22)26-14-8-9-15-16(10-14)24-11-17(18(15)21)25-13-6-4-12(23-3)5-7-13/h4-7,11,14-16H,8-10H2,1-3H3. The largest absolute Gasteiger partial charge is 0.497 e. The SMILES string of the molecule is COc1ccc(OC2=COC3CC(OC(=O)N(C)C)CCC3C2=O)cc1. The van der Waals surface area contributed by atoms with Gasteiger partial charge in [-0.1, -0.05) is 0 Å². The predicted molar refractivity (Wildman–Crippen MR) is 92.9 cm³/mol. The van der Waals surface area contributed by atoms with Crippen LogP contribution in [0.3, 0.4) is 0 Å². The molecule has 2 aliphatic rings. The molecular weight excluding hydrogens is 338 g/mol. The summed E-state index contributed by atoms with van der Waals surface area (Å²) < 4.78 is 21.9. The van der Waals surface area contributed by atoms with Gasteiger partial charge in [0.05, 0.1) is 13.0 Å². The second kappa shape index (κ2) is 7.68. The monoisotopic (exact) mass is 361 g/mol. The molecule has 140 valence electrons. The Kier molecular flexibility index (Phi) is 5.35. The third kappa shape index (κ3) is 3.92. The molecular formula is C19H23NO6. The lowest BCUT2D eigenvalue weighted by molar-refractivity contribution is -0.132. The fourth-order valence-corrected chi connectivity index (χ4v) is 3.13. The highest BCUT2D eigenvalue weighted by Crippen LogP contribution is 2.35. The molecule has 3 unspecified atom stereocenters. The molecule has 7 nitrogen and oxygen atoms in total. The first-order chi connectivity index (χ1) is 12.5. The average molecular weight is 361 g/mol. The summed E-state index contributed by atoms with van der Waals surface area (Å²) in [4.78, 5) is 25.8. The number of fused-ring (bicyclic) bond motifs is 1. The topological polar surface area (TPSA) is 74.3 Å². The molecule has 1 aromatic rings. The Hall–Kier alpha value is -2.70. The minimum absolute atomic E-state index is 0.0746. The molecule has 7 heteroatoms. The van der Waals surface area contributed by atoms with Crippen molar-refractivity contribution in [2.75, 3.05) is 21.2 Å². The lowest BCUT2D eigenvalue weighted by Gasteiger charge is -2.37. The van der Waals surface area contributed by atoms with Gasteiger partial charge in [-0.15, -0.1) is 0 Å². The van der Waals surface area contributed by atoms with Gasteiger partial charge in [-0.2, -0.15) is 0 Å². The highest BCUT2D eigenvalue weighted by atomic mass is 16.6. The Balaban J connectivity index is 1.62. The Labute approximate surface area is 152 Å². The summed E-state index contributed by atoms with van der Waals surface area (Å²) in [6.07, 6.45) is 2.18. The fraction of sp³-hybridized carbons (Fsp3) is 0.474. The summed E-state index contributed by atoms with van der Waals surface area (Å²) in [5.74, 6) is 1.10. The van der Waals surface area contributed by atoms with Gasteiger partial charge >= 0.3 is 6.09 Å². The van der Waals surface area contributed by atoms with Gasteiger partial charge in [0.15, 0.2) is 0 Å². The number of carbonyl (C=O) groups excluding carboxylic acids is 2. The van der Waals surface area contributed by atoms with Crippen molar-refractivity contribution in [1.29, 1.82) is 0 Å². The maximum absolute atomic E-state index is 12.7. The van der Waals surface area contributed by atoms with Gasteiger partial charge in [0.25, 0.3) is 0 Å². The van der Waals surface area contributed by atoms with Crippen LogP contribution in [0.2, 0.25) is 0 Å². The number of hydrogen-bond donors (Lipinski definition) is 0. The zero-order valence-electron chi connectivity index (χ0n) is 15.1. The highest BCUT2D eigenvalue weighted by molar-refractivity contribution is 5.96. The second-order valence-electron chi connectivity index (χ2n) is 6.62. The molecule has 1 heterocycles. The Bertz CT molecular complexity index is 696. The number of amides is 1. The summed E-state index contributed by atoms with van der Waals surface area (Å²) in [7, 11) is 4.86. The maximum atomic E-state index is 12.7. The minimum Gasteiger partial charge on any atom is -0.497 e. The van der Waals surface area contributed by atoms with Crippen LogP contribution in [-0.2, 0) is 14.3 Å². The minimum atomic E-state index is -0.380. The number of nitrogens with zero attached hydrogens (tertiary/aromatic N) is 1. The van der Waals surface area contributed by atoms with E-state index in [9.17, 15) is 9.59 Å². The van der Waals surface area contributed by atoms with E-state index in [1.165, 1.54) is 11.2 Å².